The zero-order valence-electron chi connectivity index (χ0n) is 12.3. The van der Waals surface area contributed by atoms with E-state index in [2.05, 4.69) is 46.0 Å². The summed E-state index contributed by atoms with van der Waals surface area (Å²) in [6.07, 6.45) is 1.95. The topological polar surface area (TPSA) is 42.7 Å². The first-order chi connectivity index (χ1) is 8.85. The number of nitrogens with one attached hydrogen (secondary N) is 1. The van der Waals surface area contributed by atoms with Crippen molar-refractivity contribution in [2.45, 2.75) is 53.2 Å². The van der Waals surface area contributed by atoms with Crippen molar-refractivity contribution in [3.8, 4) is 0 Å². The summed E-state index contributed by atoms with van der Waals surface area (Å²) >= 11 is 1.71. The molecule has 0 unspecified atom stereocenters. The number of nitrogens with zero attached hydrogens (tertiary/aromatic N) is 3. The van der Waals surface area contributed by atoms with Crippen LogP contribution in [0, 0.1) is 13.8 Å². The molecule has 104 valence electrons. The lowest BCUT2D eigenvalue weighted by atomic mass is 10.1. The minimum Gasteiger partial charge on any atom is -0.324 e. The van der Waals surface area contributed by atoms with Crippen molar-refractivity contribution in [3.05, 3.63) is 33.8 Å². The molecule has 5 heteroatoms. The number of hydrogen-bond donors (Lipinski definition) is 1. The molecule has 2 aromatic rings. The first kappa shape index (κ1) is 14.2. The highest BCUT2D eigenvalue weighted by Crippen LogP contribution is 2.14. The second-order valence-electron chi connectivity index (χ2n) is 5.87. The van der Waals surface area contributed by atoms with Gasteiger partial charge in [-0.3, -0.25) is 0 Å². The van der Waals surface area contributed by atoms with E-state index in [-0.39, 0.29) is 5.54 Å². The SMILES string of the molecule is Cc1csc(Cn2c(CNC(C)(C)C)cnc2C)n1. The Morgan fingerprint density at radius 2 is 2.05 bits per heavy atom. The van der Waals surface area contributed by atoms with Crippen molar-refractivity contribution in [1.29, 1.82) is 0 Å². The summed E-state index contributed by atoms with van der Waals surface area (Å²) in [7, 11) is 0. The van der Waals surface area contributed by atoms with Crippen LogP contribution in [0.4, 0.5) is 0 Å². The highest BCUT2D eigenvalue weighted by molar-refractivity contribution is 7.09. The Morgan fingerprint density at radius 1 is 1.32 bits per heavy atom. The van der Waals surface area contributed by atoms with E-state index in [1.165, 1.54) is 5.69 Å². The average molecular weight is 278 g/mol. The monoisotopic (exact) mass is 278 g/mol. The van der Waals surface area contributed by atoms with Crippen LogP contribution in [0.1, 0.15) is 43.0 Å². The molecule has 0 aliphatic heterocycles. The molecule has 1 N–H and O–H groups in total. The van der Waals surface area contributed by atoms with E-state index in [0.717, 1.165) is 29.6 Å². The molecule has 0 aliphatic rings. The fourth-order valence-electron chi connectivity index (χ4n) is 1.84. The molecule has 19 heavy (non-hydrogen) atoms. The van der Waals surface area contributed by atoms with Gasteiger partial charge in [0.25, 0.3) is 0 Å². The Kier molecular flexibility index (Phi) is 4.06. The van der Waals surface area contributed by atoms with Crippen LogP contribution in [0.3, 0.4) is 0 Å². The standard InChI is InChI=1S/C14H22N4S/c1-10-9-19-13(17-10)8-18-11(2)15-6-12(18)7-16-14(3,4)5/h6,9,16H,7-8H2,1-5H3. The number of hydrogen-bond acceptors (Lipinski definition) is 4. The van der Waals surface area contributed by atoms with E-state index in [4.69, 9.17) is 0 Å². The summed E-state index contributed by atoms with van der Waals surface area (Å²) in [4.78, 5) is 8.95. The van der Waals surface area contributed by atoms with Gasteiger partial charge in [0.15, 0.2) is 0 Å². The predicted octanol–water partition coefficient (Wildman–Crippen LogP) is 2.89. The van der Waals surface area contributed by atoms with Crippen LogP contribution < -0.4 is 5.32 Å². The summed E-state index contributed by atoms with van der Waals surface area (Å²) in [5.41, 5.74) is 2.41. The van der Waals surface area contributed by atoms with E-state index < -0.39 is 0 Å². The Hall–Kier alpha value is -1.20. The van der Waals surface area contributed by atoms with Gasteiger partial charge in [0.05, 0.1) is 12.2 Å². The van der Waals surface area contributed by atoms with E-state index in [9.17, 15) is 0 Å². The van der Waals surface area contributed by atoms with Crippen molar-refractivity contribution in [2.75, 3.05) is 0 Å². The van der Waals surface area contributed by atoms with Crippen LogP contribution in [-0.4, -0.2) is 20.1 Å². The van der Waals surface area contributed by atoms with Crippen molar-refractivity contribution < 1.29 is 0 Å². The first-order valence-electron chi connectivity index (χ1n) is 6.52. The van der Waals surface area contributed by atoms with Gasteiger partial charge in [-0.15, -0.1) is 11.3 Å². The molecule has 0 amide bonds. The third-order valence-corrected chi connectivity index (χ3v) is 3.85. The predicted molar refractivity (Wildman–Crippen MR) is 79.5 cm³/mol. The third kappa shape index (κ3) is 3.88. The third-order valence-electron chi connectivity index (χ3n) is 2.90. The maximum Gasteiger partial charge on any atom is 0.113 e. The maximum absolute atomic E-state index is 4.53. The van der Waals surface area contributed by atoms with Crippen LogP contribution in [-0.2, 0) is 13.1 Å². The van der Waals surface area contributed by atoms with Crippen LogP contribution in [0.5, 0.6) is 0 Å². The first-order valence-corrected chi connectivity index (χ1v) is 7.40. The molecule has 0 atom stereocenters. The lowest BCUT2D eigenvalue weighted by Gasteiger charge is -2.21. The van der Waals surface area contributed by atoms with Crippen LogP contribution in [0.2, 0.25) is 0 Å². The maximum atomic E-state index is 4.53. The normalized spacial score (nSPS) is 12.1. The van der Waals surface area contributed by atoms with Crippen LogP contribution in [0.15, 0.2) is 11.6 Å². The molecule has 0 fully saturated rings. The van der Waals surface area contributed by atoms with Gasteiger partial charge in [0, 0.05) is 29.4 Å². The van der Waals surface area contributed by atoms with Crippen molar-refractivity contribution in [3.63, 3.8) is 0 Å². The van der Waals surface area contributed by atoms with Gasteiger partial charge >= 0.3 is 0 Å². The van der Waals surface area contributed by atoms with Crippen molar-refractivity contribution in [2.24, 2.45) is 0 Å². The molecule has 0 aliphatic carbocycles. The number of imidazole rings is 1. The van der Waals surface area contributed by atoms with E-state index in [1.807, 2.05) is 20.0 Å². The van der Waals surface area contributed by atoms with Crippen molar-refractivity contribution in [1.82, 2.24) is 19.9 Å². The fraction of sp³-hybridized carbons (Fsp3) is 0.571. The summed E-state index contributed by atoms with van der Waals surface area (Å²) in [6.45, 7) is 12.2. The summed E-state index contributed by atoms with van der Waals surface area (Å²) in [5, 5.41) is 6.73. The van der Waals surface area contributed by atoms with Gasteiger partial charge in [-0.1, -0.05) is 0 Å². The quantitative estimate of drug-likeness (QED) is 0.935. The minimum absolute atomic E-state index is 0.112. The number of thiazole rings is 1. The molecular formula is C14H22N4S. The minimum atomic E-state index is 0.112. The van der Waals surface area contributed by atoms with Crippen LogP contribution >= 0.6 is 11.3 Å². The molecule has 0 radical (unpaired) electrons. The molecule has 0 bridgehead atoms. The highest BCUT2D eigenvalue weighted by Gasteiger charge is 2.13. The zero-order chi connectivity index (χ0) is 14.0. The number of rotatable bonds is 4. The molecule has 0 saturated heterocycles. The second-order valence-corrected chi connectivity index (χ2v) is 6.81. The van der Waals surface area contributed by atoms with Crippen LogP contribution in [0.25, 0.3) is 0 Å². The van der Waals surface area contributed by atoms with Gasteiger partial charge in [-0.25, -0.2) is 9.97 Å². The Bertz CT molecular complexity index is 548. The number of aromatic nitrogens is 3. The van der Waals surface area contributed by atoms with Gasteiger partial charge < -0.3 is 9.88 Å². The lowest BCUT2D eigenvalue weighted by Crippen LogP contribution is -2.35. The van der Waals surface area contributed by atoms with Gasteiger partial charge in [-0.05, 0) is 34.6 Å². The van der Waals surface area contributed by atoms with Crippen molar-refractivity contribution >= 4 is 11.3 Å². The Labute approximate surface area is 118 Å². The summed E-state index contributed by atoms with van der Waals surface area (Å²) < 4.78 is 2.23. The van der Waals surface area contributed by atoms with E-state index in [0.29, 0.717) is 0 Å². The molecule has 0 aromatic carbocycles. The Balaban J connectivity index is 2.13. The zero-order valence-corrected chi connectivity index (χ0v) is 13.1. The molecule has 4 nitrogen and oxygen atoms in total. The smallest absolute Gasteiger partial charge is 0.113 e. The van der Waals surface area contributed by atoms with Gasteiger partial charge in [0.1, 0.15) is 10.8 Å². The lowest BCUT2D eigenvalue weighted by molar-refractivity contribution is 0.416. The Morgan fingerprint density at radius 3 is 2.63 bits per heavy atom. The van der Waals surface area contributed by atoms with Gasteiger partial charge in [0.2, 0.25) is 0 Å². The number of aryl methyl sites for hydroxylation is 2. The molecule has 2 aromatic heterocycles. The van der Waals surface area contributed by atoms with E-state index >= 15 is 0 Å². The van der Waals surface area contributed by atoms with E-state index in [1.54, 1.807) is 11.3 Å². The molecule has 2 heterocycles. The fourth-order valence-corrected chi connectivity index (χ4v) is 2.60. The molecule has 2 rings (SSSR count). The second kappa shape index (κ2) is 5.43. The summed E-state index contributed by atoms with van der Waals surface area (Å²) in [6, 6.07) is 0. The summed E-state index contributed by atoms with van der Waals surface area (Å²) in [5.74, 6) is 1.04. The molecule has 0 spiro atoms. The van der Waals surface area contributed by atoms with Gasteiger partial charge in [-0.2, -0.15) is 0 Å². The average Bonchev–Trinajstić information content (AvgIpc) is 2.85. The highest BCUT2D eigenvalue weighted by atomic mass is 32.1. The molecule has 0 saturated carbocycles. The molecular weight excluding hydrogens is 256 g/mol. The largest absolute Gasteiger partial charge is 0.324 e.